The normalized spacial score (nSPS) is 23.5. The molecule has 2 aliphatic carbocycles. The molecule has 0 radical (unpaired) electrons. The van der Waals surface area contributed by atoms with E-state index in [0.29, 0.717) is 0 Å². The summed E-state index contributed by atoms with van der Waals surface area (Å²) in [4.78, 5) is 0. The average molecular weight is 181 g/mol. The second-order valence-corrected chi connectivity index (χ2v) is 3.22. The average Bonchev–Trinajstić information content (AvgIpc) is 2.59. The number of hydrogen-bond donors (Lipinski definition) is 0. The Bertz CT molecular complexity index is 173. The maximum Gasteiger partial charge on any atom is 0 e. The Balaban J connectivity index is 0.000000605. The van der Waals surface area contributed by atoms with E-state index in [0.717, 1.165) is 12.3 Å². The second kappa shape index (κ2) is 4.28. The van der Waals surface area contributed by atoms with Gasteiger partial charge in [0, 0.05) is 21.7 Å². The van der Waals surface area contributed by atoms with Crippen molar-refractivity contribution in [1.29, 1.82) is 0 Å². The maximum atomic E-state index is 3.40. The third kappa shape index (κ3) is 2.07. The molecule has 0 amide bonds. The van der Waals surface area contributed by atoms with E-state index in [9.17, 15) is 0 Å². The van der Waals surface area contributed by atoms with Crippen LogP contribution in [0.3, 0.4) is 0 Å². The van der Waals surface area contributed by atoms with Crippen LogP contribution in [0.1, 0.15) is 32.1 Å². The van der Waals surface area contributed by atoms with Gasteiger partial charge in [0.2, 0.25) is 0 Å². The van der Waals surface area contributed by atoms with E-state index >= 15 is 0 Å². The summed E-state index contributed by atoms with van der Waals surface area (Å²) in [7, 11) is 0. The van der Waals surface area contributed by atoms with E-state index in [-0.39, 0.29) is 21.7 Å². The van der Waals surface area contributed by atoms with Crippen LogP contribution < -0.4 is 0 Å². The molecule has 1 fully saturated rings. The monoisotopic (exact) mass is 181 g/mol. The molecule has 0 bridgehead atoms. The van der Waals surface area contributed by atoms with Crippen LogP contribution in [0.15, 0.2) is 17.7 Å². The summed E-state index contributed by atoms with van der Waals surface area (Å²) < 4.78 is 0. The van der Waals surface area contributed by atoms with Crippen LogP contribution >= 0.6 is 0 Å². The van der Waals surface area contributed by atoms with Crippen molar-refractivity contribution in [3.05, 3.63) is 23.8 Å². The van der Waals surface area contributed by atoms with Gasteiger partial charge in [-0.25, -0.2) is 11.6 Å². The Morgan fingerprint density at radius 3 is 2.55 bits per heavy atom. The molecule has 0 aromatic heterocycles. The Morgan fingerprint density at radius 1 is 1.27 bits per heavy atom. The SMILES string of the molecule is [C-]1=C(C2CCCC2)C=CC1.[Ti]. The molecule has 0 atom stereocenters. The van der Waals surface area contributed by atoms with E-state index in [1.165, 1.54) is 31.3 Å². The summed E-state index contributed by atoms with van der Waals surface area (Å²) in [6.45, 7) is 0. The first-order chi connectivity index (χ1) is 4.97. The van der Waals surface area contributed by atoms with Gasteiger partial charge < -0.3 is 0 Å². The first-order valence-electron chi connectivity index (χ1n) is 4.24. The predicted octanol–water partition coefficient (Wildman–Crippen LogP) is 2.86. The van der Waals surface area contributed by atoms with Gasteiger partial charge in [-0.15, -0.1) is 6.42 Å². The second-order valence-electron chi connectivity index (χ2n) is 3.22. The van der Waals surface area contributed by atoms with Crippen molar-refractivity contribution >= 4 is 0 Å². The molecule has 0 heterocycles. The third-order valence-corrected chi connectivity index (χ3v) is 2.52. The molecule has 2 rings (SSSR count). The number of hydrogen-bond acceptors (Lipinski definition) is 0. The van der Waals surface area contributed by atoms with E-state index < -0.39 is 0 Å². The van der Waals surface area contributed by atoms with Crippen LogP contribution in [0.4, 0.5) is 0 Å². The van der Waals surface area contributed by atoms with Crippen LogP contribution in [0.5, 0.6) is 0 Å². The van der Waals surface area contributed by atoms with E-state index in [2.05, 4.69) is 18.2 Å². The molecule has 0 aliphatic heterocycles. The Kier molecular flexibility index (Phi) is 3.61. The van der Waals surface area contributed by atoms with E-state index in [4.69, 9.17) is 0 Å². The molecule has 1 saturated carbocycles. The Labute approximate surface area is 83.6 Å². The van der Waals surface area contributed by atoms with Gasteiger partial charge in [0.15, 0.2) is 0 Å². The van der Waals surface area contributed by atoms with Crippen molar-refractivity contribution in [3.8, 4) is 0 Å². The van der Waals surface area contributed by atoms with Gasteiger partial charge in [-0.3, -0.25) is 6.08 Å². The number of allylic oxidation sites excluding steroid dienone is 4. The summed E-state index contributed by atoms with van der Waals surface area (Å²) in [6.07, 6.45) is 14.6. The minimum absolute atomic E-state index is 0. The van der Waals surface area contributed by atoms with Gasteiger partial charge in [0.05, 0.1) is 0 Å². The summed E-state index contributed by atoms with van der Waals surface area (Å²) in [5, 5.41) is 0. The first kappa shape index (κ1) is 9.28. The molecule has 0 unspecified atom stereocenters. The molecule has 1 heteroatoms. The molecule has 0 nitrogen and oxygen atoms in total. The standard InChI is InChI=1S/C10H13.Ti/c1-2-6-9(5-1)10-7-3-4-8-10;/h1,5,10H,2-4,7-8H2;/q-1;. The van der Waals surface area contributed by atoms with Crippen LogP contribution in [0, 0.1) is 12.0 Å². The largest absolute Gasteiger partial charge is 0.269 e. The van der Waals surface area contributed by atoms with Crippen molar-refractivity contribution < 1.29 is 21.7 Å². The van der Waals surface area contributed by atoms with Crippen molar-refractivity contribution in [1.82, 2.24) is 0 Å². The minimum atomic E-state index is 0. The first-order valence-corrected chi connectivity index (χ1v) is 4.24. The van der Waals surface area contributed by atoms with Gasteiger partial charge in [-0.1, -0.05) is 12.8 Å². The molecule has 0 saturated heterocycles. The van der Waals surface area contributed by atoms with Crippen LogP contribution in [-0.4, -0.2) is 0 Å². The van der Waals surface area contributed by atoms with Crippen molar-refractivity contribution in [3.63, 3.8) is 0 Å². The van der Waals surface area contributed by atoms with Gasteiger partial charge >= 0.3 is 0 Å². The smallest absolute Gasteiger partial charge is 0 e. The zero-order chi connectivity index (χ0) is 6.81. The molecular formula is C10H13Ti-. The molecule has 0 aromatic carbocycles. The molecule has 2 aliphatic rings. The zero-order valence-corrected chi connectivity index (χ0v) is 8.33. The van der Waals surface area contributed by atoms with Crippen molar-refractivity contribution in [2.75, 3.05) is 0 Å². The van der Waals surface area contributed by atoms with Gasteiger partial charge in [-0.2, -0.15) is 6.08 Å². The van der Waals surface area contributed by atoms with Crippen LogP contribution in [-0.2, 0) is 21.7 Å². The Morgan fingerprint density at radius 2 is 2.00 bits per heavy atom. The quantitative estimate of drug-likeness (QED) is 0.431. The maximum absolute atomic E-state index is 3.40. The fourth-order valence-electron chi connectivity index (χ4n) is 1.94. The summed E-state index contributed by atoms with van der Waals surface area (Å²) in [6, 6.07) is 0. The summed E-state index contributed by atoms with van der Waals surface area (Å²) in [5.41, 5.74) is 1.50. The molecule has 0 N–H and O–H groups in total. The fraction of sp³-hybridized carbons (Fsp3) is 0.600. The third-order valence-electron chi connectivity index (χ3n) is 2.52. The molecule has 11 heavy (non-hydrogen) atoms. The molecular weight excluding hydrogens is 168 g/mol. The summed E-state index contributed by atoms with van der Waals surface area (Å²) in [5.74, 6) is 0.874. The van der Waals surface area contributed by atoms with Gasteiger partial charge in [0.1, 0.15) is 0 Å². The number of rotatable bonds is 1. The molecule has 0 spiro atoms. The van der Waals surface area contributed by atoms with Crippen molar-refractivity contribution in [2.45, 2.75) is 32.1 Å². The predicted molar refractivity (Wildman–Crippen MR) is 42.5 cm³/mol. The topological polar surface area (TPSA) is 0 Å². The van der Waals surface area contributed by atoms with Gasteiger partial charge in [-0.05, 0) is 18.8 Å². The van der Waals surface area contributed by atoms with Crippen LogP contribution in [0.2, 0.25) is 0 Å². The van der Waals surface area contributed by atoms with E-state index in [1.54, 1.807) is 0 Å². The molecule has 0 aromatic rings. The fourth-order valence-corrected chi connectivity index (χ4v) is 1.94. The summed E-state index contributed by atoms with van der Waals surface area (Å²) >= 11 is 0. The van der Waals surface area contributed by atoms with Gasteiger partial charge in [0.25, 0.3) is 0 Å². The zero-order valence-electron chi connectivity index (χ0n) is 6.77. The Hall–Kier alpha value is 0.194. The van der Waals surface area contributed by atoms with Crippen LogP contribution in [0.25, 0.3) is 0 Å². The molecule has 58 valence electrons. The van der Waals surface area contributed by atoms with E-state index in [1.807, 2.05) is 0 Å². The minimum Gasteiger partial charge on any atom is -0.269 e. The van der Waals surface area contributed by atoms with Crippen molar-refractivity contribution in [2.24, 2.45) is 5.92 Å².